The summed E-state index contributed by atoms with van der Waals surface area (Å²) < 4.78 is 16.2. The molecule has 0 saturated carbocycles. The molecule has 0 saturated heterocycles. The molecule has 0 spiro atoms. The van der Waals surface area contributed by atoms with Crippen LogP contribution >= 0.6 is 0 Å². The molecule has 142 valence electrons. The number of carbonyl (C=O) groups excluding carboxylic acids is 1. The molecule has 0 amide bonds. The van der Waals surface area contributed by atoms with Crippen molar-refractivity contribution in [3.05, 3.63) is 132 Å². The largest absolute Gasteiger partial charge is 0.318 e. The van der Waals surface area contributed by atoms with Crippen molar-refractivity contribution in [2.24, 2.45) is 0 Å². The van der Waals surface area contributed by atoms with Crippen molar-refractivity contribution in [3.8, 4) is 0 Å². The highest BCUT2D eigenvalue weighted by molar-refractivity contribution is 5.77. The van der Waals surface area contributed by atoms with Gasteiger partial charge in [0.2, 0.25) is 0 Å². The van der Waals surface area contributed by atoms with Crippen LogP contribution in [0.3, 0.4) is 0 Å². The smallest absolute Gasteiger partial charge is 0.153 e. The van der Waals surface area contributed by atoms with Crippen LogP contribution < -0.4 is 0 Å². The van der Waals surface area contributed by atoms with E-state index in [-0.39, 0.29) is 5.69 Å². The summed E-state index contributed by atoms with van der Waals surface area (Å²) in [4.78, 5) is 14.9. The predicted octanol–water partition coefficient (Wildman–Crippen LogP) is 5.23. The van der Waals surface area contributed by atoms with Crippen LogP contribution in [0, 0.1) is 0 Å². The van der Waals surface area contributed by atoms with Crippen molar-refractivity contribution in [1.82, 2.24) is 9.55 Å². The summed E-state index contributed by atoms with van der Waals surface area (Å²) in [6.45, 7) is 0. The number of nitrogens with zero attached hydrogens (tertiary/aromatic N) is 2. The first kappa shape index (κ1) is 18.6. The lowest BCUT2D eigenvalue weighted by molar-refractivity contribution is -0.104. The Morgan fingerprint density at radius 2 is 1.24 bits per heavy atom. The van der Waals surface area contributed by atoms with Gasteiger partial charge in [-0.2, -0.15) is 0 Å². The third kappa shape index (κ3) is 3.29. The summed E-state index contributed by atoms with van der Waals surface area (Å²) >= 11 is 0. The van der Waals surface area contributed by atoms with Gasteiger partial charge < -0.3 is 4.57 Å². The maximum Gasteiger partial charge on any atom is 0.153 e. The Morgan fingerprint density at radius 3 is 1.66 bits per heavy atom. The molecule has 4 heteroatoms. The van der Waals surface area contributed by atoms with Crippen LogP contribution in [0.2, 0.25) is 0 Å². The topological polar surface area (TPSA) is 34.9 Å². The van der Waals surface area contributed by atoms with Crippen LogP contribution in [0.4, 0.5) is 4.39 Å². The Labute approximate surface area is 168 Å². The molecule has 0 fully saturated rings. The molecule has 0 unspecified atom stereocenters. The Kier molecular flexibility index (Phi) is 5.16. The van der Waals surface area contributed by atoms with Crippen LogP contribution in [0.25, 0.3) is 5.83 Å². The molecule has 0 aliphatic heterocycles. The van der Waals surface area contributed by atoms with Gasteiger partial charge >= 0.3 is 0 Å². The lowest BCUT2D eigenvalue weighted by Gasteiger charge is -2.37. The fourth-order valence-corrected chi connectivity index (χ4v) is 3.76. The molecule has 0 radical (unpaired) electrons. The number of aldehydes is 1. The fourth-order valence-electron chi connectivity index (χ4n) is 3.76. The second-order valence-corrected chi connectivity index (χ2v) is 6.63. The molecule has 3 nitrogen and oxygen atoms in total. The van der Waals surface area contributed by atoms with Gasteiger partial charge in [-0.15, -0.1) is 0 Å². The molecule has 0 bridgehead atoms. The first-order valence-electron chi connectivity index (χ1n) is 9.29. The molecule has 4 rings (SSSR count). The van der Waals surface area contributed by atoms with Crippen LogP contribution in [0.5, 0.6) is 0 Å². The first-order valence-corrected chi connectivity index (χ1v) is 9.29. The van der Waals surface area contributed by atoms with Crippen molar-refractivity contribution >= 4 is 12.1 Å². The zero-order valence-corrected chi connectivity index (χ0v) is 15.7. The van der Waals surface area contributed by atoms with E-state index in [2.05, 4.69) is 41.4 Å². The van der Waals surface area contributed by atoms with Gasteiger partial charge in [-0.25, -0.2) is 9.37 Å². The SMILES string of the molecule is O=C/C=C(/F)c1cn(C(c2ccccc2)(c2ccccc2)c2ccccc2)cn1. The molecule has 29 heavy (non-hydrogen) atoms. The maximum absolute atomic E-state index is 14.3. The summed E-state index contributed by atoms with van der Waals surface area (Å²) in [6, 6.07) is 30.1. The van der Waals surface area contributed by atoms with Crippen molar-refractivity contribution in [2.75, 3.05) is 0 Å². The number of imidazole rings is 1. The standard InChI is InChI=1S/C25H19FN2O/c26-23(16-17-29)24-18-28(19-27-24)25(20-10-4-1-5-11-20,21-12-6-2-7-13-21)22-14-8-3-9-15-22/h1-19H/b23-16+. The number of carbonyl (C=O) groups is 1. The molecule has 0 N–H and O–H groups in total. The molecule has 0 aliphatic carbocycles. The van der Waals surface area contributed by atoms with Crippen molar-refractivity contribution < 1.29 is 9.18 Å². The zero-order chi connectivity index (χ0) is 20.1. The zero-order valence-electron chi connectivity index (χ0n) is 15.7. The van der Waals surface area contributed by atoms with Crippen molar-refractivity contribution in [1.29, 1.82) is 0 Å². The second-order valence-electron chi connectivity index (χ2n) is 6.63. The highest BCUT2D eigenvalue weighted by Gasteiger charge is 2.38. The van der Waals surface area contributed by atoms with E-state index in [0.717, 1.165) is 22.8 Å². The normalized spacial score (nSPS) is 12.0. The van der Waals surface area contributed by atoms with Gasteiger partial charge in [-0.1, -0.05) is 91.0 Å². The van der Waals surface area contributed by atoms with Crippen LogP contribution in [-0.2, 0) is 10.3 Å². The third-order valence-electron chi connectivity index (χ3n) is 5.00. The van der Waals surface area contributed by atoms with Crippen molar-refractivity contribution in [3.63, 3.8) is 0 Å². The lowest BCUT2D eigenvalue weighted by Crippen LogP contribution is -2.36. The van der Waals surface area contributed by atoms with Gasteiger partial charge in [0.15, 0.2) is 5.83 Å². The average Bonchev–Trinajstić information content (AvgIpc) is 3.27. The van der Waals surface area contributed by atoms with E-state index >= 15 is 0 Å². The molecule has 0 aliphatic rings. The minimum absolute atomic E-state index is 0.115. The number of rotatable bonds is 6. The average molecular weight is 382 g/mol. The molecular formula is C25H19FN2O. The summed E-state index contributed by atoms with van der Waals surface area (Å²) in [6.07, 6.45) is 4.55. The van der Waals surface area contributed by atoms with E-state index in [4.69, 9.17) is 0 Å². The van der Waals surface area contributed by atoms with Gasteiger partial charge in [0, 0.05) is 12.3 Å². The first-order chi connectivity index (χ1) is 14.3. The van der Waals surface area contributed by atoms with Crippen LogP contribution in [-0.4, -0.2) is 15.8 Å². The summed E-state index contributed by atoms with van der Waals surface area (Å²) in [5, 5.41) is 0. The van der Waals surface area contributed by atoms with Gasteiger partial charge in [-0.3, -0.25) is 4.79 Å². The monoisotopic (exact) mass is 382 g/mol. The number of aromatic nitrogens is 2. The molecule has 0 atom stereocenters. The van der Waals surface area contributed by atoms with E-state index in [1.807, 2.05) is 59.2 Å². The third-order valence-corrected chi connectivity index (χ3v) is 5.00. The van der Waals surface area contributed by atoms with Crippen molar-refractivity contribution in [2.45, 2.75) is 5.54 Å². The maximum atomic E-state index is 14.3. The fraction of sp³-hybridized carbons (Fsp3) is 0.0400. The predicted molar refractivity (Wildman–Crippen MR) is 112 cm³/mol. The Balaban J connectivity index is 2.06. The number of hydrogen-bond acceptors (Lipinski definition) is 2. The quantitative estimate of drug-likeness (QED) is 0.260. The minimum atomic E-state index is -0.753. The summed E-state index contributed by atoms with van der Waals surface area (Å²) in [7, 11) is 0. The minimum Gasteiger partial charge on any atom is -0.318 e. The highest BCUT2D eigenvalue weighted by Crippen LogP contribution is 2.41. The van der Waals surface area contributed by atoms with E-state index in [1.165, 1.54) is 0 Å². The van der Waals surface area contributed by atoms with E-state index < -0.39 is 11.4 Å². The van der Waals surface area contributed by atoms with Gasteiger partial charge in [0.1, 0.15) is 17.5 Å². The summed E-state index contributed by atoms with van der Waals surface area (Å²) in [5.74, 6) is -0.665. The molecule has 4 aromatic rings. The highest BCUT2D eigenvalue weighted by atomic mass is 19.1. The van der Waals surface area contributed by atoms with Crippen LogP contribution in [0.15, 0.2) is 110 Å². The summed E-state index contributed by atoms with van der Waals surface area (Å²) in [5.41, 5.74) is 2.41. The molecular weight excluding hydrogens is 363 g/mol. The van der Waals surface area contributed by atoms with Crippen LogP contribution in [0.1, 0.15) is 22.4 Å². The second kappa shape index (κ2) is 8.07. The number of allylic oxidation sites excluding steroid dienone is 1. The van der Waals surface area contributed by atoms with Gasteiger partial charge in [-0.05, 0) is 16.7 Å². The lowest BCUT2D eigenvalue weighted by atomic mass is 9.77. The molecule has 3 aromatic carbocycles. The van der Waals surface area contributed by atoms with E-state index in [0.29, 0.717) is 6.29 Å². The number of halogens is 1. The van der Waals surface area contributed by atoms with Gasteiger partial charge in [0.05, 0.1) is 6.33 Å². The Hall–Kier alpha value is -3.79. The van der Waals surface area contributed by atoms with E-state index in [1.54, 1.807) is 12.5 Å². The Morgan fingerprint density at radius 1 is 0.793 bits per heavy atom. The Bertz CT molecular complexity index is 1020. The molecule has 1 heterocycles. The van der Waals surface area contributed by atoms with Gasteiger partial charge in [0.25, 0.3) is 0 Å². The number of benzene rings is 3. The number of hydrogen-bond donors (Lipinski definition) is 0. The molecule has 1 aromatic heterocycles. The van der Waals surface area contributed by atoms with E-state index in [9.17, 15) is 9.18 Å².